The number of carbonyl (C=O) groups is 1. The Balaban J connectivity index is 2.10. The van der Waals surface area contributed by atoms with Crippen LogP contribution in [0, 0.1) is 5.21 Å². The molecule has 0 radical (unpaired) electrons. The van der Waals surface area contributed by atoms with E-state index < -0.39 is 5.97 Å². The highest BCUT2D eigenvalue weighted by Gasteiger charge is 2.17. The van der Waals surface area contributed by atoms with Crippen molar-refractivity contribution >= 4 is 17.7 Å². The van der Waals surface area contributed by atoms with E-state index in [2.05, 4.69) is 0 Å². The second-order valence-corrected chi connectivity index (χ2v) is 4.98. The SMILES string of the molecule is COc1ccc(CSc2cccc(C(=O)O)[n+]2[O-])cc1. The Morgan fingerprint density at radius 1 is 1.30 bits per heavy atom. The summed E-state index contributed by atoms with van der Waals surface area (Å²) in [5.74, 6) is 0.118. The van der Waals surface area contributed by atoms with Crippen LogP contribution in [0.4, 0.5) is 0 Å². The lowest BCUT2D eigenvalue weighted by Crippen LogP contribution is -2.36. The number of ether oxygens (including phenoxy) is 1. The fourth-order valence-electron chi connectivity index (χ4n) is 1.62. The van der Waals surface area contributed by atoms with Crippen LogP contribution in [0.25, 0.3) is 0 Å². The number of benzene rings is 1. The summed E-state index contributed by atoms with van der Waals surface area (Å²) in [6.07, 6.45) is 0. The van der Waals surface area contributed by atoms with Crippen molar-refractivity contribution in [3.05, 3.63) is 58.9 Å². The number of pyridine rings is 1. The molecule has 0 saturated carbocycles. The lowest BCUT2D eigenvalue weighted by Gasteiger charge is -2.06. The molecule has 20 heavy (non-hydrogen) atoms. The van der Waals surface area contributed by atoms with E-state index >= 15 is 0 Å². The van der Waals surface area contributed by atoms with Gasteiger partial charge in [-0.05, 0) is 23.8 Å². The van der Waals surface area contributed by atoms with Gasteiger partial charge in [0.15, 0.2) is 0 Å². The summed E-state index contributed by atoms with van der Waals surface area (Å²) in [4.78, 5) is 10.9. The first-order chi connectivity index (χ1) is 9.61. The van der Waals surface area contributed by atoms with Crippen molar-refractivity contribution in [2.45, 2.75) is 10.8 Å². The van der Waals surface area contributed by atoms with Crippen LogP contribution in [-0.2, 0) is 5.75 Å². The molecule has 1 heterocycles. The molecule has 0 amide bonds. The van der Waals surface area contributed by atoms with Crippen LogP contribution in [0.15, 0.2) is 47.5 Å². The van der Waals surface area contributed by atoms with Gasteiger partial charge in [0.1, 0.15) is 5.75 Å². The van der Waals surface area contributed by atoms with Crippen LogP contribution >= 0.6 is 11.8 Å². The second kappa shape index (κ2) is 6.29. The third-order valence-corrected chi connectivity index (χ3v) is 3.75. The molecular weight excluding hydrogens is 278 g/mol. The van der Waals surface area contributed by atoms with Gasteiger partial charge in [-0.25, -0.2) is 4.79 Å². The minimum Gasteiger partial charge on any atom is -0.617 e. The number of rotatable bonds is 5. The van der Waals surface area contributed by atoms with Gasteiger partial charge in [0, 0.05) is 17.9 Å². The summed E-state index contributed by atoms with van der Waals surface area (Å²) in [5, 5.41) is 21.1. The lowest BCUT2D eigenvalue weighted by molar-refractivity contribution is -0.648. The van der Waals surface area contributed by atoms with E-state index in [1.54, 1.807) is 19.2 Å². The second-order valence-electron chi connectivity index (χ2n) is 3.99. The molecule has 0 unspecified atom stereocenters. The topological polar surface area (TPSA) is 73.5 Å². The number of carboxylic acids is 1. The highest BCUT2D eigenvalue weighted by atomic mass is 32.2. The summed E-state index contributed by atoms with van der Waals surface area (Å²) >= 11 is 1.29. The first-order valence-electron chi connectivity index (χ1n) is 5.83. The number of hydrogen-bond donors (Lipinski definition) is 1. The predicted molar refractivity (Wildman–Crippen MR) is 74.9 cm³/mol. The molecule has 0 aliphatic heterocycles. The van der Waals surface area contributed by atoms with Gasteiger partial charge >= 0.3 is 11.7 Å². The van der Waals surface area contributed by atoms with E-state index in [1.807, 2.05) is 24.3 Å². The molecule has 0 aliphatic carbocycles. The van der Waals surface area contributed by atoms with Gasteiger partial charge in [0.2, 0.25) is 0 Å². The first kappa shape index (κ1) is 14.2. The predicted octanol–water partition coefficient (Wildman–Crippen LogP) is 2.32. The fourth-order valence-corrected chi connectivity index (χ4v) is 2.52. The molecule has 5 nitrogen and oxygen atoms in total. The number of carboxylic acid groups (broad SMARTS) is 1. The molecule has 0 aliphatic rings. The van der Waals surface area contributed by atoms with Crippen molar-refractivity contribution in [2.24, 2.45) is 0 Å². The van der Waals surface area contributed by atoms with E-state index in [9.17, 15) is 10.0 Å². The van der Waals surface area contributed by atoms with Crippen LogP contribution in [-0.4, -0.2) is 18.2 Å². The van der Waals surface area contributed by atoms with E-state index in [0.717, 1.165) is 11.3 Å². The molecule has 6 heteroatoms. The van der Waals surface area contributed by atoms with E-state index in [1.165, 1.54) is 17.8 Å². The number of aromatic nitrogens is 1. The van der Waals surface area contributed by atoms with Crippen molar-refractivity contribution in [1.29, 1.82) is 0 Å². The summed E-state index contributed by atoms with van der Waals surface area (Å²) in [6, 6.07) is 11.9. The van der Waals surface area contributed by atoms with Crippen LogP contribution in [0.2, 0.25) is 0 Å². The summed E-state index contributed by atoms with van der Waals surface area (Å²) in [6.45, 7) is 0. The summed E-state index contributed by atoms with van der Waals surface area (Å²) in [7, 11) is 1.60. The van der Waals surface area contributed by atoms with Crippen molar-refractivity contribution in [1.82, 2.24) is 0 Å². The zero-order chi connectivity index (χ0) is 14.5. The Morgan fingerprint density at radius 3 is 2.60 bits per heavy atom. The van der Waals surface area contributed by atoms with Crippen LogP contribution < -0.4 is 9.47 Å². The normalized spacial score (nSPS) is 10.2. The Labute approximate surface area is 120 Å². The minimum absolute atomic E-state index is 0.273. The zero-order valence-corrected chi connectivity index (χ0v) is 11.6. The van der Waals surface area contributed by atoms with E-state index in [-0.39, 0.29) is 5.69 Å². The standard InChI is InChI=1S/C14H13NO4S/c1-19-11-7-5-10(6-8-11)9-20-13-4-2-3-12(14(16)17)15(13)18/h2-8H,9H2,1H3,(H,16,17). The molecule has 0 bridgehead atoms. The number of thioether (sulfide) groups is 1. The molecule has 1 aromatic carbocycles. The zero-order valence-electron chi connectivity index (χ0n) is 10.8. The molecular formula is C14H13NO4S. The van der Waals surface area contributed by atoms with Crippen LogP contribution in [0.1, 0.15) is 16.1 Å². The molecule has 0 fully saturated rings. The van der Waals surface area contributed by atoms with Gasteiger partial charge in [-0.2, -0.15) is 4.73 Å². The van der Waals surface area contributed by atoms with Gasteiger partial charge < -0.3 is 15.1 Å². The Bertz CT molecular complexity index is 613. The molecule has 2 rings (SSSR count). The van der Waals surface area contributed by atoms with Gasteiger partial charge in [0.25, 0.3) is 5.03 Å². The maximum Gasteiger partial charge on any atom is 0.402 e. The average Bonchev–Trinajstić information content (AvgIpc) is 2.46. The largest absolute Gasteiger partial charge is 0.617 e. The van der Waals surface area contributed by atoms with Gasteiger partial charge in [-0.1, -0.05) is 23.9 Å². The van der Waals surface area contributed by atoms with E-state index in [0.29, 0.717) is 15.5 Å². The molecule has 104 valence electrons. The van der Waals surface area contributed by atoms with Crippen LogP contribution in [0.3, 0.4) is 0 Å². The highest BCUT2D eigenvalue weighted by Crippen LogP contribution is 2.21. The number of nitrogens with zero attached hydrogens (tertiary/aromatic N) is 1. The Kier molecular flexibility index (Phi) is 4.47. The van der Waals surface area contributed by atoms with Crippen molar-refractivity contribution in [3.63, 3.8) is 0 Å². The monoisotopic (exact) mass is 291 g/mol. The molecule has 0 atom stereocenters. The lowest BCUT2D eigenvalue weighted by atomic mass is 10.2. The maximum absolute atomic E-state index is 11.8. The molecule has 0 spiro atoms. The third kappa shape index (κ3) is 3.21. The summed E-state index contributed by atoms with van der Waals surface area (Å²) < 4.78 is 5.51. The maximum atomic E-state index is 11.8. The number of aromatic carboxylic acids is 1. The number of methoxy groups -OCH3 is 1. The smallest absolute Gasteiger partial charge is 0.402 e. The Hall–Kier alpha value is -2.21. The summed E-state index contributed by atoms with van der Waals surface area (Å²) in [5.41, 5.74) is 0.751. The molecule has 0 saturated heterocycles. The average molecular weight is 291 g/mol. The van der Waals surface area contributed by atoms with Crippen molar-refractivity contribution in [2.75, 3.05) is 7.11 Å². The molecule has 1 aromatic heterocycles. The van der Waals surface area contributed by atoms with Crippen molar-refractivity contribution in [3.8, 4) is 5.75 Å². The first-order valence-corrected chi connectivity index (χ1v) is 6.82. The molecule has 2 aromatic rings. The van der Waals surface area contributed by atoms with Gasteiger partial charge in [-0.15, -0.1) is 0 Å². The third-order valence-electron chi connectivity index (χ3n) is 2.68. The minimum atomic E-state index is -1.23. The quantitative estimate of drug-likeness (QED) is 0.520. The van der Waals surface area contributed by atoms with E-state index in [4.69, 9.17) is 9.84 Å². The van der Waals surface area contributed by atoms with Gasteiger partial charge in [-0.3, -0.25) is 0 Å². The molecule has 1 N–H and O–H groups in total. The Morgan fingerprint density at radius 2 is 2.00 bits per heavy atom. The van der Waals surface area contributed by atoms with Crippen LogP contribution in [0.5, 0.6) is 5.75 Å². The van der Waals surface area contributed by atoms with Crippen molar-refractivity contribution < 1.29 is 19.4 Å². The number of hydrogen-bond acceptors (Lipinski definition) is 4. The fraction of sp³-hybridized carbons (Fsp3) is 0.143. The highest BCUT2D eigenvalue weighted by molar-refractivity contribution is 7.98. The van der Waals surface area contributed by atoms with Gasteiger partial charge in [0.05, 0.1) is 7.11 Å².